The second-order valence-electron chi connectivity index (χ2n) is 8.08. The van der Waals surface area contributed by atoms with Crippen molar-refractivity contribution in [1.82, 2.24) is 9.97 Å². The van der Waals surface area contributed by atoms with Crippen LogP contribution in [0.5, 0.6) is 0 Å². The molecule has 1 aliphatic heterocycles. The van der Waals surface area contributed by atoms with Gasteiger partial charge in [-0.25, -0.2) is 9.37 Å². The Morgan fingerprint density at radius 2 is 2.17 bits per heavy atom. The number of rotatable bonds is 1. The fourth-order valence-corrected chi connectivity index (χ4v) is 7.07. The number of anilines is 3. The summed E-state index contributed by atoms with van der Waals surface area (Å²) in [5, 5.41) is 6.19. The maximum atomic E-state index is 14.5. The first-order chi connectivity index (χ1) is 14.0. The van der Waals surface area contributed by atoms with E-state index >= 15 is 0 Å². The second kappa shape index (κ2) is 7.05. The number of hydrogen-bond acceptors (Lipinski definition) is 6. The van der Waals surface area contributed by atoms with Gasteiger partial charge in [-0.3, -0.25) is 9.00 Å². The molecule has 152 valence electrons. The highest BCUT2D eigenvalue weighted by molar-refractivity contribution is 7.85. The van der Waals surface area contributed by atoms with Crippen LogP contribution in [0.15, 0.2) is 30.5 Å². The molecule has 4 N–H and O–H groups in total. The van der Waals surface area contributed by atoms with Crippen molar-refractivity contribution >= 4 is 34.2 Å². The molecule has 1 amide bonds. The van der Waals surface area contributed by atoms with Crippen LogP contribution in [0.1, 0.15) is 18.4 Å². The van der Waals surface area contributed by atoms with Gasteiger partial charge < -0.3 is 16.4 Å². The van der Waals surface area contributed by atoms with Crippen molar-refractivity contribution in [3.8, 4) is 0 Å². The summed E-state index contributed by atoms with van der Waals surface area (Å²) in [4.78, 5) is 20.5. The van der Waals surface area contributed by atoms with Gasteiger partial charge in [0.25, 0.3) is 0 Å². The number of halogens is 1. The van der Waals surface area contributed by atoms with Gasteiger partial charge in [0, 0.05) is 33.5 Å². The average Bonchev–Trinajstić information content (AvgIpc) is 3.27. The summed E-state index contributed by atoms with van der Waals surface area (Å²) in [7, 11) is -1.04. The Kier molecular flexibility index (Phi) is 4.49. The Bertz CT molecular complexity index is 1000. The number of nitrogens with zero attached hydrogens (tertiary/aromatic N) is 2. The third-order valence-corrected chi connectivity index (χ3v) is 8.26. The number of primary amides is 1. The first-order valence-corrected chi connectivity index (χ1v) is 11.2. The molecule has 29 heavy (non-hydrogen) atoms. The highest BCUT2D eigenvalue weighted by Gasteiger charge is 2.56. The summed E-state index contributed by atoms with van der Waals surface area (Å²) in [6.45, 7) is 0. The van der Waals surface area contributed by atoms with Gasteiger partial charge in [0.2, 0.25) is 11.9 Å². The molecule has 3 aliphatic rings. The maximum absolute atomic E-state index is 14.5. The zero-order chi connectivity index (χ0) is 20.1. The number of nitrogens with two attached hydrogens (primary N) is 1. The summed E-state index contributed by atoms with van der Waals surface area (Å²) in [6, 6.07) is 7.38. The second-order valence-corrected chi connectivity index (χ2v) is 9.86. The van der Waals surface area contributed by atoms with E-state index in [4.69, 9.17) is 5.73 Å². The third-order valence-electron chi connectivity index (χ3n) is 6.43. The number of fused-ring (bicyclic) bond motifs is 5. The zero-order valence-corrected chi connectivity index (χ0v) is 16.5. The van der Waals surface area contributed by atoms with Gasteiger partial charge in [0.05, 0.1) is 12.1 Å². The predicted octanol–water partition coefficient (Wildman–Crippen LogP) is 1.95. The van der Waals surface area contributed by atoms with Gasteiger partial charge in [0.15, 0.2) is 11.6 Å². The number of benzene rings is 1. The number of carbonyl (C=O) groups excluding carboxylic acids is 1. The summed E-state index contributed by atoms with van der Waals surface area (Å²) in [5.41, 5.74) is 7.52. The van der Waals surface area contributed by atoms with Gasteiger partial charge in [-0.15, -0.1) is 0 Å². The largest absolute Gasteiger partial charge is 0.369 e. The van der Waals surface area contributed by atoms with Crippen molar-refractivity contribution in [2.75, 3.05) is 16.4 Å². The van der Waals surface area contributed by atoms with E-state index in [0.29, 0.717) is 12.2 Å². The molecule has 1 aromatic carbocycles. The lowest BCUT2D eigenvalue weighted by molar-refractivity contribution is -0.123. The number of nitrogens with one attached hydrogen (secondary N) is 2. The van der Waals surface area contributed by atoms with Gasteiger partial charge in [-0.05, 0) is 48.8 Å². The minimum atomic E-state index is -1.04. The van der Waals surface area contributed by atoms with Gasteiger partial charge in [0.1, 0.15) is 0 Å². The zero-order valence-electron chi connectivity index (χ0n) is 15.7. The molecule has 6 bridgehead atoms. The molecule has 2 aliphatic carbocycles. The first-order valence-electron chi connectivity index (χ1n) is 9.81. The third kappa shape index (κ3) is 3.27. The minimum absolute atomic E-state index is 0.00150. The Balaban J connectivity index is 1.57. The number of aromatic nitrogens is 2. The highest BCUT2D eigenvalue weighted by Crippen LogP contribution is 2.51. The van der Waals surface area contributed by atoms with Crippen molar-refractivity contribution < 1.29 is 13.4 Å². The van der Waals surface area contributed by atoms with Crippen LogP contribution in [0, 0.1) is 23.6 Å². The minimum Gasteiger partial charge on any atom is -0.369 e. The lowest BCUT2D eigenvalue weighted by Crippen LogP contribution is -2.48. The van der Waals surface area contributed by atoms with Crippen LogP contribution in [0.2, 0.25) is 0 Å². The van der Waals surface area contributed by atoms with Crippen LogP contribution in [-0.4, -0.2) is 37.1 Å². The van der Waals surface area contributed by atoms with E-state index in [2.05, 4.69) is 20.6 Å². The molecule has 9 heteroatoms. The summed E-state index contributed by atoms with van der Waals surface area (Å²) in [5.74, 6) is -0.489. The number of carbonyl (C=O) groups is 1. The van der Waals surface area contributed by atoms with E-state index in [1.807, 2.05) is 24.3 Å². The molecule has 7 nitrogen and oxygen atoms in total. The fourth-order valence-electron chi connectivity index (χ4n) is 5.20. The van der Waals surface area contributed by atoms with Crippen LogP contribution in [-0.2, 0) is 22.0 Å². The van der Waals surface area contributed by atoms with E-state index in [1.165, 1.54) is 0 Å². The number of aryl methyl sites for hydroxylation is 1. The molecule has 2 heterocycles. The topological polar surface area (TPSA) is 110 Å². The van der Waals surface area contributed by atoms with Crippen molar-refractivity contribution in [1.29, 1.82) is 0 Å². The van der Waals surface area contributed by atoms with E-state index in [0.717, 1.165) is 30.3 Å². The molecule has 0 saturated heterocycles. The molecule has 1 aromatic heterocycles. The SMILES string of the molecule is NC(=O)C1C2CC3C1Nc1nc(ncc1F)Nc1cccc(c1)CCS(=O)C3C2. The monoisotopic (exact) mass is 415 g/mol. The van der Waals surface area contributed by atoms with Gasteiger partial charge in [-0.2, -0.15) is 4.98 Å². The van der Waals surface area contributed by atoms with E-state index < -0.39 is 28.4 Å². The molecule has 2 aromatic rings. The van der Waals surface area contributed by atoms with Crippen molar-refractivity contribution in [2.45, 2.75) is 30.6 Å². The number of amides is 1. The molecule has 5 rings (SSSR count). The Labute approximate surface area is 170 Å². The summed E-state index contributed by atoms with van der Waals surface area (Å²) in [6.07, 6.45) is 3.30. The van der Waals surface area contributed by atoms with Crippen LogP contribution in [0.25, 0.3) is 0 Å². The van der Waals surface area contributed by atoms with Crippen molar-refractivity contribution in [3.05, 3.63) is 41.8 Å². The van der Waals surface area contributed by atoms with Crippen LogP contribution < -0.4 is 16.4 Å². The van der Waals surface area contributed by atoms with E-state index in [-0.39, 0.29) is 34.9 Å². The first kappa shape index (κ1) is 18.5. The lowest BCUT2D eigenvalue weighted by Gasteiger charge is -2.34. The normalized spacial score (nSPS) is 32.7. The van der Waals surface area contributed by atoms with Gasteiger partial charge >= 0.3 is 0 Å². The van der Waals surface area contributed by atoms with E-state index in [9.17, 15) is 13.4 Å². The van der Waals surface area contributed by atoms with E-state index in [1.54, 1.807) is 0 Å². The molecule has 0 spiro atoms. The number of hydrogen-bond donors (Lipinski definition) is 3. The Hall–Kier alpha value is -2.55. The van der Waals surface area contributed by atoms with Crippen LogP contribution in [0.3, 0.4) is 0 Å². The molecule has 2 saturated carbocycles. The molecular weight excluding hydrogens is 393 g/mol. The fraction of sp³-hybridized carbons (Fsp3) is 0.450. The molecule has 0 radical (unpaired) electrons. The Morgan fingerprint density at radius 1 is 1.31 bits per heavy atom. The molecular formula is C20H22FN5O2S. The van der Waals surface area contributed by atoms with Gasteiger partial charge in [-0.1, -0.05) is 12.1 Å². The molecule has 6 unspecified atom stereocenters. The highest BCUT2D eigenvalue weighted by atomic mass is 32.2. The van der Waals surface area contributed by atoms with Crippen LogP contribution in [0.4, 0.5) is 21.8 Å². The maximum Gasteiger partial charge on any atom is 0.229 e. The van der Waals surface area contributed by atoms with Crippen molar-refractivity contribution in [2.24, 2.45) is 23.5 Å². The van der Waals surface area contributed by atoms with Crippen LogP contribution >= 0.6 is 0 Å². The summed E-state index contributed by atoms with van der Waals surface area (Å²) >= 11 is 0. The predicted molar refractivity (Wildman–Crippen MR) is 109 cm³/mol. The summed E-state index contributed by atoms with van der Waals surface area (Å²) < 4.78 is 27.6. The quantitative estimate of drug-likeness (QED) is 0.657. The smallest absolute Gasteiger partial charge is 0.229 e. The molecule has 2 fully saturated rings. The molecule has 6 atom stereocenters. The van der Waals surface area contributed by atoms with Crippen molar-refractivity contribution in [3.63, 3.8) is 0 Å². The lowest BCUT2D eigenvalue weighted by atomic mass is 9.83. The standard InChI is InChI=1S/C20H22FN5O2S/c21-14-9-23-20-24-12-3-1-2-10(6-12)4-5-29(28)15-8-11-7-13(15)17(16(11)18(22)27)25-19(14)26-20/h1-3,6,9,11,13,15-17H,4-5,7-8H2,(H2,22,27)(H2,23,24,25,26). The average molecular weight is 415 g/mol. The Morgan fingerprint density at radius 3 is 3.00 bits per heavy atom.